The molecule has 1 atom stereocenters. The van der Waals surface area contributed by atoms with E-state index < -0.39 is 5.41 Å². The van der Waals surface area contributed by atoms with Crippen molar-refractivity contribution in [3.63, 3.8) is 0 Å². The molecule has 0 fully saturated rings. The number of rotatable bonds is 7. The van der Waals surface area contributed by atoms with Crippen molar-refractivity contribution in [2.45, 2.75) is 24.2 Å². The van der Waals surface area contributed by atoms with Crippen LogP contribution >= 0.6 is 0 Å². The van der Waals surface area contributed by atoms with Gasteiger partial charge in [0.2, 0.25) is 0 Å². The van der Waals surface area contributed by atoms with E-state index in [1.54, 1.807) is 0 Å². The molecular weight excluding hydrogens is 777 g/mol. The average Bonchev–Trinajstić information content (AvgIpc) is 3.89. The smallest absolute Gasteiger partial charge is 0.136 e. The number of fused-ring (bicyclic) bond motifs is 14. The third kappa shape index (κ3) is 5.59. The molecule has 1 aliphatic heterocycles. The molecule has 10 aromatic carbocycles. The van der Waals surface area contributed by atoms with Crippen LogP contribution in [0.4, 0.5) is 0 Å². The zero-order chi connectivity index (χ0) is 42.2. The number of hydrogen-bond donors (Lipinski definition) is 0. The molecule has 1 unspecified atom stereocenters. The summed E-state index contributed by atoms with van der Waals surface area (Å²) in [6, 6.07) is 82.2. The molecule has 0 radical (unpaired) electrons. The minimum atomic E-state index is -0.533. The van der Waals surface area contributed by atoms with Gasteiger partial charge in [-0.15, -0.1) is 0 Å². The van der Waals surface area contributed by atoms with Crippen LogP contribution in [0.2, 0.25) is 0 Å². The molecule has 1 aromatic heterocycles. The number of benzene rings is 10. The molecule has 2 aliphatic rings. The lowest BCUT2D eigenvalue weighted by atomic mass is 9.66. The first-order valence-electron chi connectivity index (χ1n) is 22.4. The summed E-state index contributed by atoms with van der Waals surface area (Å²) in [4.78, 5) is 0. The molecule has 302 valence electrons. The number of hydrogen-bond acceptors (Lipinski definition) is 2. The van der Waals surface area contributed by atoms with Crippen molar-refractivity contribution >= 4 is 32.7 Å². The van der Waals surface area contributed by atoms with Gasteiger partial charge in [0.25, 0.3) is 0 Å². The van der Waals surface area contributed by atoms with Crippen molar-refractivity contribution in [3.05, 3.63) is 263 Å². The summed E-state index contributed by atoms with van der Waals surface area (Å²) < 4.78 is 13.0. The van der Waals surface area contributed by atoms with Gasteiger partial charge in [0.15, 0.2) is 0 Å². The van der Waals surface area contributed by atoms with Crippen molar-refractivity contribution < 1.29 is 9.15 Å². The van der Waals surface area contributed by atoms with Crippen molar-refractivity contribution in [1.82, 2.24) is 0 Å². The van der Waals surface area contributed by atoms with Crippen LogP contribution in [0.3, 0.4) is 0 Å². The zero-order valence-electron chi connectivity index (χ0n) is 35.2. The van der Waals surface area contributed by atoms with Gasteiger partial charge in [-0.2, -0.15) is 0 Å². The Morgan fingerprint density at radius 2 is 1.03 bits per heavy atom. The minimum Gasteiger partial charge on any atom is -0.457 e. The molecule has 0 saturated heterocycles. The first-order valence-corrected chi connectivity index (χ1v) is 22.4. The lowest BCUT2D eigenvalue weighted by Crippen LogP contribution is -2.32. The third-order valence-electron chi connectivity index (χ3n) is 14.1. The van der Waals surface area contributed by atoms with Crippen molar-refractivity contribution in [1.29, 1.82) is 0 Å². The van der Waals surface area contributed by atoms with Crippen molar-refractivity contribution in [2.24, 2.45) is 0 Å². The fourth-order valence-electron chi connectivity index (χ4n) is 11.1. The highest BCUT2D eigenvalue weighted by atomic mass is 16.5. The Morgan fingerprint density at radius 3 is 1.83 bits per heavy atom. The molecule has 1 spiro atoms. The monoisotopic (exact) mass is 818 g/mol. The predicted octanol–water partition coefficient (Wildman–Crippen LogP) is 16.3. The maximum atomic E-state index is 6.68. The van der Waals surface area contributed by atoms with E-state index in [4.69, 9.17) is 9.15 Å². The molecule has 2 heterocycles. The molecule has 11 aromatic rings. The van der Waals surface area contributed by atoms with E-state index in [-0.39, 0.29) is 5.92 Å². The summed E-state index contributed by atoms with van der Waals surface area (Å²) >= 11 is 0. The van der Waals surface area contributed by atoms with Crippen molar-refractivity contribution in [2.75, 3.05) is 0 Å². The summed E-state index contributed by atoms with van der Waals surface area (Å²) in [7, 11) is 0. The fraction of sp³-hybridized carbons (Fsp3) is 0.0645. The fourth-order valence-corrected chi connectivity index (χ4v) is 11.1. The SMILES string of the molecule is c1ccc(-c2ccc(CCC(c3ccc(-c4cccc5oc6ccccc6c45)cc3)c3ccc4c(c3)-c3c(ccc5ccccc35)C43c4ccccc4Oc4ccccc43)cc2)cc1. The van der Waals surface area contributed by atoms with E-state index in [1.165, 1.54) is 83.1 Å². The second-order valence-electron chi connectivity index (χ2n) is 17.4. The lowest BCUT2D eigenvalue weighted by molar-refractivity contribution is 0.436. The molecule has 1 aliphatic carbocycles. The lowest BCUT2D eigenvalue weighted by Gasteiger charge is -2.39. The maximum absolute atomic E-state index is 6.68. The number of aryl methyl sites for hydroxylation is 1. The highest BCUT2D eigenvalue weighted by molar-refractivity contribution is 6.12. The van der Waals surface area contributed by atoms with E-state index in [1.807, 2.05) is 6.07 Å². The Bertz CT molecular complexity index is 3530. The highest BCUT2D eigenvalue weighted by Gasteiger charge is 2.51. The van der Waals surface area contributed by atoms with Crippen LogP contribution in [0, 0.1) is 0 Å². The molecular formula is C62H42O2. The van der Waals surface area contributed by atoms with Crippen LogP contribution in [0.5, 0.6) is 11.5 Å². The van der Waals surface area contributed by atoms with E-state index in [2.05, 4.69) is 218 Å². The Morgan fingerprint density at radius 1 is 0.406 bits per heavy atom. The van der Waals surface area contributed by atoms with Gasteiger partial charge in [0.1, 0.15) is 22.7 Å². The van der Waals surface area contributed by atoms with Gasteiger partial charge in [-0.25, -0.2) is 0 Å². The van der Waals surface area contributed by atoms with Gasteiger partial charge in [0, 0.05) is 27.8 Å². The second kappa shape index (κ2) is 14.6. The summed E-state index contributed by atoms with van der Waals surface area (Å²) in [6.07, 6.45) is 1.90. The number of furan rings is 1. The Balaban J connectivity index is 0.974. The predicted molar refractivity (Wildman–Crippen MR) is 263 cm³/mol. The summed E-state index contributed by atoms with van der Waals surface area (Å²) in [5.41, 5.74) is 17.7. The Kier molecular flexibility index (Phi) is 8.36. The van der Waals surface area contributed by atoms with Gasteiger partial charge >= 0.3 is 0 Å². The first-order chi connectivity index (χ1) is 31.7. The van der Waals surface area contributed by atoms with Gasteiger partial charge < -0.3 is 9.15 Å². The summed E-state index contributed by atoms with van der Waals surface area (Å²) in [6.45, 7) is 0. The van der Waals surface area contributed by atoms with Crippen LogP contribution in [0.15, 0.2) is 229 Å². The van der Waals surface area contributed by atoms with Crippen LogP contribution in [0.25, 0.3) is 66.1 Å². The van der Waals surface area contributed by atoms with Crippen LogP contribution < -0.4 is 4.74 Å². The normalized spacial score (nSPS) is 13.6. The minimum absolute atomic E-state index is 0.142. The molecule has 0 saturated carbocycles. The maximum Gasteiger partial charge on any atom is 0.136 e. The molecule has 0 amide bonds. The number of para-hydroxylation sites is 3. The first kappa shape index (κ1) is 36.7. The molecule has 0 bridgehead atoms. The summed E-state index contributed by atoms with van der Waals surface area (Å²) in [5, 5.41) is 4.83. The Hall–Kier alpha value is -7.94. The van der Waals surface area contributed by atoms with Gasteiger partial charge in [-0.05, 0) is 109 Å². The average molecular weight is 819 g/mol. The van der Waals surface area contributed by atoms with Gasteiger partial charge in [0.05, 0.1) is 5.41 Å². The molecule has 2 heteroatoms. The standard InChI is InChI=1S/C62H42O2/c1-2-13-41(14-3-1)42-28-25-40(26-29-42)27-36-47(44-30-32-45(33-31-44)49-18-12-24-59-61(49)50-17-6-9-21-56(50)63-59)46-35-37-52-51(39-46)60-48-16-5-4-15-43(48)34-38-55(60)62(52)53-19-7-10-22-57(53)64-58-23-11-8-20-54(58)62/h1-26,28-35,37-39,47H,27,36H2. The quantitative estimate of drug-likeness (QED) is 0.160. The van der Waals surface area contributed by atoms with E-state index in [9.17, 15) is 0 Å². The topological polar surface area (TPSA) is 22.4 Å². The second-order valence-corrected chi connectivity index (χ2v) is 17.4. The zero-order valence-corrected chi connectivity index (χ0v) is 35.2. The van der Waals surface area contributed by atoms with Crippen LogP contribution in [0.1, 0.15) is 51.3 Å². The summed E-state index contributed by atoms with van der Waals surface area (Å²) in [5.74, 6) is 1.96. The molecule has 64 heavy (non-hydrogen) atoms. The molecule has 13 rings (SSSR count). The van der Waals surface area contributed by atoms with E-state index in [0.717, 1.165) is 46.3 Å². The molecule has 2 nitrogen and oxygen atoms in total. The number of ether oxygens (including phenoxy) is 1. The van der Waals surface area contributed by atoms with Gasteiger partial charge in [-0.1, -0.05) is 200 Å². The third-order valence-corrected chi connectivity index (χ3v) is 14.1. The van der Waals surface area contributed by atoms with Crippen LogP contribution in [-0.4, -0.2) is 0 Å². The van der Waals surface area contributed by atoms with Crippen LogP contribution in [-0.2, 0) is 11.8 Å². The highest BCUT2D eigenvalue weighted by Crippen LogP contribution is 2.63. The Labute approximate surface area is 372 Å². The molecule has 0 N–H and O–H groups in total. The van der Waals surface area contributed by atoms with E-state index in [0.29, 0.717) is 0 Å². The van der Waals surface area contributed by atoms with Gasteiger partial charge in [-0.3, -0.25) is 0 Å². The van der Waals surface area contributed by atoms with Crippen molar-refractivity contribution in [3.8, 4) is 44.9 Å². The van der Waals surface area contributed by atoms with E-state index >= 15 is 0 Å². The largest absolute Gasteiger partial charge is 0.457 e.